The van der Waals surface area contributed by atoms with E-state index in [0.717, 1.165) is 18.1 Å². The van der Waals surface area contributed by atoms with E-state index >= 15 is 0 Å². The average molecular weight is 572 g/mol. The molecule has 1 aliphatic heterocycles. The zero-order chi connectivity index (χ0) is 27.0. The minimum atomic E-state index is -4.79. The lowest BCUT2D eigenvalue weighted by Gasteiger charge is -2.41. The van der Waals surface area contributed by atoms with Gasteiger partial charge in [0.1, 0.15) is 16.9 Å². The zero-order valence-electron chi connectivity index (χ0n) is 20.7. The minimum absolute atomic E-state index is 0.303. The molecule has 0 saturated heterocycles. The van der Waals surface area contributed by atoms with Gasteiger partial charge in [-0.05, 0) is 74.2 Å². The number of aryl methyl sites for hydroxylation is 1. The standard InChI is InChI=1S/C25H29BrF3N3O4/c1-6-7-14-11-18(30-21(33)16-12-17(26)20(25(27,28)29)31-22(16)34)15-10-13(2)8-9-19(15)32(14)23(35)36-24(3,4)5/h8-10,12,14,18H,6-7,11H2,1-5H3,(H,30,33)(H,31,34)/t14?,18-/m1/s1. The van der Waals surface area contributed by atoms with E-state index in [4.69, 9.17) is 4.74 Å². The number of carbonyl (C=O) groups excluding carboxylic acids is 2. The Morgan fingerprint density at radius 2 is 1.89 bits per heavy atom. The van der Waals surface area contributed by atoms with Crippen LogP contribution in [0.2, 0.25) is 0 Å². The molecule has 2 aromatic rings. The van der Waals surface area contributed by atoms with Gasteiger partial charge in [0.05, 0.1) is 11.7 Å². The van der Waals surface area contributed by atoms with Crippen LogP contribution in [0.4, 0.5) is 23.7 Å². The van der Waals surface area contributed by atoms with E-state index in [1.165, 1.54) is 0 Å². The van der Waals surface area contributed by atoms with Gasteiger partial charge in [-0.15, -0.1) is 0 Å². The second-order valence-corrected chi connectivity index (χ2v) is 10.7. The predicted octanol–water partition coefficient (Wildman–Crippen LogP) is 6.25. The highest BCUT2D eigenvalue weighted by molar-refractivity contribution is 9.10. The number of benzene rings is 1. The number of H-pyrrole nitrogens is 1. The summed E-state index contributed by atoms with van der Waals surface area (Å²) in [6.45, 7) is 9.19. The molecule has 2 heterocycles. The van der Waals surface area contributed by atoms with Crippen molar-refractivity contribution in [2.24, 2.45) is 0 Å². The highest BCUT2D eigenvalue weighted by atomic mass is 79.9. The number of aromatic nitrogens is 1. The van der Waals surface area contributed by atoms with Gasteiger partial charge in [0.2, 0.25) is 0 Å². The molecule has 0 fully saturated rings. The second-order valence-electron chi connectivity index (χ2n) is 9.85. The SMILES string of the molecule is CCCC1C[C@@H](NC(=O)c2cc(Br)c(C(F)(F)F)[nH]c2=O)c2cc(C)ccc2N1C(=O)OC(C)(C)C. The summed E-state index contributed by atoms with van der Waals surface area (Å²) < 4.78 is 44.6. The maximum atomic E-state index is 13.2. The molecule has 2 amide bonds. The molecule has 2 N–H and O–H groups in total. The lowest BCUT2D eigenvalue weighted by molar-refractivity contribution is -0.142. The topological polar surface area (TPSA) is 91.5 Å². The van der Waals surface area contributed by atoms with E-state index < -0.39 is 51.1 Å². The number of pyridine rings is 1. The van der Waals surface area contributed by atoms with E-state index in [1.807, 2.05) is 26.0 Å². The summed E-state index contributed by atoms with van der Waals surface area (Å²) in [6, 6.07) is 5.46. The number of hydrogen-bond acceptors (Lipinski definition) is 4. The molecule has 36 heavy (non-hydrogen) atoms. The third-order valence-electron chi connectivity index (χ3n) is 5.73. The van der Waals surface area contributed by atoms with Crippen molar-refractivity contribution in [1.29, 1.82) is 0 Å². The summed E-state index contributed by atoms with van der Waals surface area (Å²) in [4.78, 5) is 41.9. The first-order valence-electron chi connectivity index (χ1n) is 11.6. The normalized spacial score (nSPS) is 18.0. The van der Waals surface area contributed by atoms with E-state index in [-0.39, 0.29) is 6.04 Å². The van der Waals surface area contributed by atoms with E-state index in [0.29, 0.717) is 24.1 Å². The van der Waals surface area contributed by atoms with Crippen molar-refractivity contribution in [3.05, 3.63) is 61.5 Å². The number of fused-ring (bicyclic) bond motifs is 1. The number of amides is 2. The fourth-order valence-electron chi connectivity index (χ4n) is 4.26. The van der Waals surface area contributed by atoms with Gasteiger partial charge in [0, 0.05) is 10.5 Å². The van der Waals surface area contributed by atoms with Crippen LogP contribution in [-0.2, 0) is 10.9 Å². The number of rotatable bonds is 4. The highest BCUT2D eigenvalue weighted by Crippen LogP contribution is 2.40. The number of aromatic amines is 1. The highest BCUT2D eigenvalue weighted by Gasteiger charge is 2.39. The van der Waals surface area contributed by atoms with Crippen molar-refractivity contribution >= 4 is 33.6 Å². The number of ether oxygens (including phenoxy) is 1. The largest absolute Gasteiger partial charge is 0.443 e. The second kappa shape index (κ2) is 10.3. The Kier molecular flexibility index (Phi) is 7.92. The van der Waals surface area contributed by atoms with Crippen LogP contribution in [0.5, 0.6) is 0 Å². The Hall–Kier alpha value is -2.82. The van der Waals surface area contributed by atoms with Gasteiger partial charge in [-0.3, -0.25) is 14.5 Å². The van der Waals surface area contributed by atoms with Gasteiger partial charge < -0.3 is 15.0 Å². The quantitative estimate of drug-likeness (QED) is 0.453. The average Bonchev–Trinajstić information content (AvgIpc) is 2.73. The Balaban J connectivity index is 2.00. The first-order valence-corrected chi connectivity index (χ1v) is 12.3. The number of halogens is 4. The van der Waals surface area contributed by atoms with Crippen molar-refractivity contribution in [1.82, 2.24) is 10.3 Å². The van der Waals surface area contributed by atoms with Crippen LogP contribution in [0.15, 0.2) is 33.5 Å². The number of nitrogens with zero attached hydrogens (tertiary/aromatic N) is 1. The molecule has 11 heteroatoms. The summed E-state index contributed by atoms with van der Waals surface area (Å²) in [7, 11) is 0. The molecule has 1 unspecified atom stereocenters. The molecular weight excluding hydrogens is 543 g/mol. The third kappa shape index (κ3) is 6.11. The van der Waals surface area contributed by atoms with Crippen LogP contribution in [0.3, 0.4) is 0 Å². The molecule has 1 aromatic heterocycles. The van der Waals surface area contributed by atoms with Crippen molar-refractivity contribution in [2.45, 2.75) is 77.7 Å². The summed E-state index contributed by atoms with van der Waals surface area (Å²) in [6.07, 6.45) is -3.55. The molecule has 1 aromatic carbocycles. The third-order valence-corrected chi connectivity index (χ3v) is 6.35. The fraction of sp³-hybridized carbons (Fsp3) is 0.480. The van der Waals surface area contributed by atoms with Crippen molar-refractivity contribution in [3.8, 4) is 0 Å². The molecule has 0 spiro atoms. The zero-order valence-corrected chi connectivity index (χ0v) is 22.3. The molecule has 0 aliphatic carbocycles. The fourth-order valence-corrected chi connectivity index (χ4v) is 4.82. The van der Waals surface area contributed by atoms with E-state index in [1.54, 1.807) is 36.7 Å². The summed E-state index contributed by atoms with van der Waals surface area (Å²) >= 11 is 2.80. The molecule has 2 atom stereocenters. The molecule has 0 bridgehead atoms. The molecular formula is C25H29BrF3N3O4. The van der Waals surface area contributed by atoms with Crippen LogP contribution < -0.4 is 15.8 Å². The molecule has 3 rings (SSSR count). The molecule has 7 nitrogen and oxygen atoms in total. The van der Waals surface area contributed by atoms with Crippen molar-refractivity contribution in [2.75, 3.05) is 4.90 Å². The molecule has 0 radical (unpaired) electrons. The number of hydrogen-bond donors (Lipinski definition) is 2. The van der Waals surface area contributed by atoms with E-state index in [2.05, 4.69) is 21.2 Å². The smallest absolute Gasteiger partial charge is 0.432 e. The van der Waals surface area contributed by atoms with Crippen LogP contribution >= 0.6 is 15.9 Å². The van der Waals surface area contributed by atoms with Crippen molar-refractivity contribution in [3.63, 3.8) is 0 Å². The number of carbonyl (C=O) groups is 2. The maximum Gasteiger partial charge on any atom is 0.432 e. The van der Waals surface area contributed by atoms with Crippen LogP contribution in [-0.4, -0.2) is 28.6 Å². The maximum absolute atomic E-state index is 13.2. The lowest BCUT2D eigenvalue weighted by atomic mass is 9.88. The Morgan fingerprint density at radius 3 is 2.47 bits per heavy atom. The number of alkyl halides is 3. The van der Waals surface area contributed by atoms with E-state index in [9.17, 15) is 27.6 Å². The van der Waals surface area contributed by atoms with Gasteiger partial charge >= 0.3 is 12.3 Å². The molecule has 0 saturated carbocycles. The number of nitrogens with one attached hydrogen (secondary N) is 2. The monoisotopic (exact) mass is 571 g/mol. The first kappa shape index (κ1) is 27.8. The van der Waals surface area contributed by atoms with Crippen LogP contribution in [0.1, 0.15) is 80.2 Å². The summed E-state index contributed by atoms with van der Waals surface area (Å²) in [5, 5.41) is 2.80. The molecule has 196 valence electrons. The Labute approximate surface area is 215 Å². The van der Waals surface area contributed by atoms with Gasteiger partial charge in [-0.25, -0.2) is 4.79 Å². The van der Waals surface area contributed by atoms with Crippen LogP contribution in [0, 0.1) is 6.92 Å². The van der Waals surface area contributed by atoms with Gasteiger partial charge in [-0.2, -0.15) is 13.2 Å². The van der Waals surface area contributed by atoms with Gasteiger partial charge in [0.25, 0.3) is 11.5 Å². The summed E-state index contributed by atoms with van der Waals surface area (Å²) in [5.41, 5.74) is -1.45. The minimum Gasteiger partial charge on any atom is -0.443 e. The van der Waals surface area contributed by atoms with Crippen LogP contribution in [0.25, 0.3) is 0 Å². The predicted molar refractivity (Wildman–Crippen MR) is 133 cm³/mol. The van der Waals surface area contributed by atoms with Gasteiger partial charge in [-0.1, -0.05) is 31.0 Å². The lowest BCUT2D eigenvalue weighted by Crippen LogP contribution is -2.49. The Morgan fingerprint density at radius 1 is 1.22 bits per heavy atom. The number of anilines is 1. The summed E-state index contributed by atoms with van der Waals surface area (Å²) in [5.74, 6) is -0.816. The Bertz CT molecular complexity index is 1220. The van der Waals surface area contributed by atoms with Gasteiger partial charge in [0.15, 0.2) is 0 Å². The first-order chi connectivity index (χ1) is 16.6. The molecule has 1 aliphatic rings. The van der Waals surface area contributed by atoms with Crippen molar-refractivity contribution < 1.29 is 27.5 Å².